The van der Waals surface area contributed by atoms with E-state index in [9.17, 15) is 4.39 Å². The van der Waals surface area contributed by atoms with Crippen LogP contribution in [0.2, 0.25) is 0 Å². The molecule has 12 heavy (non-hydrogen) atoms. The summed E-state index contributed by atoms with van der Waals surface area (Å²) in [6.07, 6.45) is 3.21. The van der Waals surface area contributed by atoms with E-state index in [1.54, 1.807) is 0 Å². The summed E-state index contributed by atoms with van der Waals surface area (Å²) in [5.74, 6) is 0. The lowest BCUT2D eigenvalue weighted by Crippen LogP contribution is -2.24. The van der Waals surface area contributed by atoms with E-state index in [1.807, 2.05) is 22.6 Å². The lowest BCUT2D eigenvalue weighted by atomic mass is 10.0. The van der Waals surface area contributed by atoms with E-state index in [1.165, 1.54) is 0 Å². The summed E-state index contributed by atoms with van der Waals surface area (Å²) < 4.78 is 12.4. The predicted molar refractivity (Wildman–Crippen MR) is 58.4 cm³/mol. The van der Waals surface area contributed by atoms with Gasteiger partial charge in [-0.2, -0.15) is 0 Å². The second kappa shape index (κ2) is 4.22. The van der Waals surface area contributed by atoms with Crippen LogP contribution in [0.5, 0.6) is 0 Å². The van der Waals surface area contributed by atoms with Gasteiger partial charge in [0.1, 0.15) is 0 Å². The molecule has 1 aliphatic carbocycles. The molecular weight excluding hydrogens is 268 g/mol. The Morgan fingerprint density at radius 1 is 1.58 bits per heavy atom. The Labute approximate surface area is 87.8 Å². The molecule has 0 spiro atoms. The lowest BCUT2D eigenvalue weighted by molar-refractivity contribution is 0.253. The quantitative estimate of drug-likeness (QED) is 0.554. The summed E-state index contributed by atoms with van der Waals surface area (Å²) in [7, 11) is 2.09. The fourth-order valence-electron chi connectivity index (χ4n) is 1.31. The maximum Gasteiger partial charge on any atom is 0.156 e. The number of hydrogen-bond acceptors (Lipinski definition) is 1. The van der Waals surface area contributed by atoms with Crippen LogP contribution in [-0.2, 0) is 0 Å². The molecule has 0 bridgehead atoms. The van der Waals surface area contributed by atoms with Crippen molar-refractivity contribution < 1.29 is 4.39 Å². The Kier molecular flexibility index (Phi) is 3.76. The molecule has 1 saturated carbocycles. The summed E-state index contributed by atoms with van der Waals surface area (Å²) in [6, 6.07) is 0. The van der Waals surface area contributed by atoms with Crippen LogP contribution < -0.4 is 0 Å². The first kappa shape index (κ1) is 10.7. The molecule has 0 aliphatic heterocycles. The third-order valence-electron chi connectivity index (χ3n) is 2.89. The van der Waals surface area contributed by atoms with Crippen molar-refractivity contribution in [2.45, 2.75) is 30.4 Å². The molecule has 72 valence electrons. The van der Waals surface area contributed by atoms with Gasteiger partial charge in [-0.1, -0.05) is 6.92 Å². The van der Waals surface area contributed by atoms with Gasteiger partial charge in [0.05, 0.1) is 0 Å². The highest BCUT2D eigenvalue weighted by molar-refractivity contribution is 14.1. The molecule has 1 rings (SSSR count). The van der Waals surface area contributed by atoms with Gasteiger partial charge in [0.15, 0.2) is 4.18 Å². The molecule has 1 fully saturated rings. The maximum absolute atomic E-state index is 13.1. The molecule has 0 aromatic rings. The zero-order chi connectivity index (χ0) is 9.19. The van der Waals surface area contributed by atoms with Crippen molar-refractivity contribution in [3.8, 4) is 0 Å². The molecule has 0 saturated heterocycles. The topological polar surface area (TPSA) is 3.24 Å². The van der Waals surface area contributed by atoms with Gasteiger partial charge in [-0.25, -0.2) is 4.39 Å². The molecule has 0 radical (unpaired) electrons. The van der Waals surface area contributed by atoms with Gasteiger partial charge in [-0.05, 0) is 62.0 Å². The molecule has 0 heterocycles. The molecule has 1 unspecified atom stereocenters. The minimum absolute atomic E-state index is 0.0595. The Bertz CT molecular complexity index is 145. The average Bonchev–Trinajstić information content (AvgIpc) is 2.81. The first-order valence-electron chi connectivity index (χ1n) is 4.57. The standard InChI is InChI=1S/C9H17FIN/c1-3-12(2)7-6-9(4-5-9)8(10)11/h8H,3-7H2,1-2H3. The number of nitrogens with zero attached hydrogens (tertiary/aromatic N) is 1. The van der Waals surface area contributed by atoms with Gasteiger partial charge in [0.2, 0.25) is 0 Å². The predicted octanol–water partition coefficient (Wildman–Crippen LogP) is 2.84. The summed E-state index contributed by atoms with van der Waals surface area (Å²) >= 11 is 1.92. The van der Waals surface area contributed by atoms with Crippen molar-refractivity contribution in [1.29, 1.82) is 0 Å². The summed E-state index contributed by atoms with van der Waals surface area (Å²) in [6.45, 7) is 4.24. The molecule has 0 aromatic carbocycles. The molecule has 1 nitrogen and oxygen atoms in total. The number of halogens is 2. The van der Waals surface area contributed by atoms with Crippen LogP contribution in [0.15, 0.2) is 0 Å². The zero-order valence-corrected chi connectivity index (χ0v) is 9.97. The van der Waals surface area contributed by atoms with Crippen LogP contribution in [0, 0.1) is 5.41 Å². The van der Waals surface area contributed by atoms with E-state index < -0.39 is 4.18 Å². The maximum atomic E-state index is 13.1. The summed E-state index contributed by atoms with van der Waals surface area (Å²) in [5.41, 5.74) is 0.0595. The van der Waals surface area contributed by atoms with E-state index in [0.717, 1.165) is 32.4 Å². The van der Waals surface area contributed by atoms with Crippen LogP contribution in [0.25, 0.3) is 0 Å². The highest BCUT2D eigenvalue weighted by atomic mass is 127. The molecule has 0 aromatic heterocycles. The second-order valence-corrected chi connectivity index (χ2v) is 4.90. The molecule has 1 atom stereocenters. The number of rotatable bonds is 5. The molecule has 1 aliphatic rings. The van der Waals surface area contributed by atoms with E-state index in [4.69, 9.17) is 0 Å². The fourth-order valence-corrected chi connectivity index (χ4v) is 2.24. The highest BCUT2D eigenvalue weighted by Crippen LogP contribution is 2.55. The first-order valence-corrected chi connectivity index (χ1v) is 5.82. The van der Waals surface area contributed by atoms with Gasteiger partial charge in [-0.3, -0.25) is 0 Å². The molecule has 0 N–H and O–H groups in total. The van der Waals surface area contributed by atoms with Crippen molar-refractivity contribution >= 4 is 22.6 Å². The van der Waals surface area contributed by atoms with E-state index in [0.29, 0.717) is 0 Å². The Morgan fingerprint density at radius 3 is 2.50 bits per heavy atom. The van der Waals surface area contributed by atoms with Crippen LogP contribution in [-0.4, -0.2) is 29.2 Å². The van der Waals surface area contributed by atoms with Crippen molar-refractivity contribution in [3.05, 3.63) is 0 Å². The van der Waals surface area contributed by atoms with E-state index >= 15 is 0 Å². The van der Waals surface area contributed by atoms with Gasteiger partial charge in [-0.15, -0.1) is 0 Å². The van der Waals surface area contributed by atoms with Crippen molar-refractivity contribution in [2.75, 3.05) is 20.1 Å². The lowest BCUT2D eigenvalue weighted by Gasteiger charge is -2.19. The smallest absolute Gasteiger partial charge is 0.156 e. The summed E-state index contributed by atoms with van der Waals surface area (Å²) in [5, 5.41) is 0. The SMILES string of the molecule is CCN(C)CCC1(C(F)I)CC1. The van der Waals surface area contributed by atoms with Gasteiger partial charge in [0, 0.05) is 5.41 Å². The molecule has 3 heteroatoms. The monoisotopic (exact) mass is 285 g/mol. The summed E-state index contributed by atoms with van der Waals surface area (Å²) in [4.78, 5) is 2.25. The van der Waals surface area contributed by atoms with Crippen molar-refractivity contribution in [1.82, 2.24) is 4.90 Å². The van der Waals surface area contributed by atoms with Gasteiger partial charge >= 0.3 is 0 Å². The van der Waals surface area contributed by atoms with Crippen LogP contribution >= 0.6 is 22.6 Å². The zero-order valence-electron chi connectivity index (χ0n) is 7.82. The fraction of sp³-hybridized carbons (Fsp3) is 1.00. The van der Waals surface area contributed by atoms with Crippen LogP contribution in [0.1, 0.15) is 26.2 Å². The normalized spacial score (nSPS) is 22.8. The van der Waals surface area contributed by atoms with Crippen molar-refractivity contribution in [3.63, 3.8) is 0 Å². The van der Waals surface area contributed by atoms with Gasteiger partial charge in [0.25, 0.3) is 0 Å². The van der Waals surface area contributed by atoms with E-state index in [-0.39, 0.29) is 5.41 Å². The molecule has 0 amide bonds. The largest absolute Gasteiger partial charge is 0.307 e. The van der Waals surface area contributed by atoms with E-state index in [2.05, 4.69) is 18.9 Å². The Balaban J connectivity index is 2.22. The van der Waals surface area contributed by atoms with Crippen LogP contribution in [0.3, 0.4) is 0 Å². The molecular formula is C9H17FIN. The first-order chi connectivity index (χ1) is 5.60. The number of hydrogen-bond donors (Lipinski definition) is 0. The average molecular weight is 285 g/mol. The Morgan fingerprint density at radius 2 is 2.17 bits per heavy atom. The van der Waals surface area contributed by atoms with Crippen molar-refractivity contribution in [2.24, 2.45) is 5.41 Å². The van der Waals surface area contributed by atoms with Crippen LogP contribution in [0.4, 0.5) is 4.39 Å². The second-order valence-electron chi connectivity index (χ2n) is 3.81. The minimum atomic E-state index is -0.639. The minimum Gasteiger partial charge on any atom is -0.307 e. The third kappa shape index (κ3) is 2.55. The number of alkyl halides is 2. The Hall–Kier alpha value is 0.620. The third-order valence-corrected chi connectivity index (χ3v) is 4.21. The van der Waals surface area contributed by atoms with Gasteiger partial charge < -0.3 is 4.90 Å². The highest BCUT2D eigenvalue weighted by Gasteiger charge is 2.48.